The molecule has 1 aliphatic rings. The van der Waals surface area contributed by atoms with Crippen molar-refractivity contribution in [1.82, 2.24) is 25.5 Å². The molecule has 1 aromatic rings. The number of aromatic nitrogens is 4. The molecule has 1 saturated carbocycles. The average molecular weight is 251 g/mol. The smallest absolute Gasteiger partial charge is 0.165 e. The second-order valence-electron chi connectivity index (χ2n) is 5.19. The minimum atomic E-state index is 0.481. The van der Waals surface area contributed by atoms with Gasteiger partial charge in [0.05, 0.1) is 12.6 Å². The fourth-order valence-electron chi connectivity index (χ4n) is 3.05. The van der Waals surface area contributed by atoms with Crippen LogP contribution < -0.4 is 5.32 Å². The van der Waals surface area contributed by atoms with Gasteiger partial charge in [0.25, 0.3) is 0 Å². The highest BCUT2D eigenvalue weighted by Gasteiger charge is 2.26. The fraction of sp³-hybridized carbons (Fsp3) is 0.923. The SMILES string of the molecule is CCNCc1nnnn1C(CC)C1CCCCC1. The Morgan fingerprint density at radius 1 is 1.28 bits per heavy atom. The Kier molecular flexibility index (Phi) is 5.11. The Balaban J connectivity index is 2.08. The number of nitrogens with zero attached hydrogens (tertiary/aromatic N) is 4. The minimum Gasteiger partial charge on any atom is -0.310 e. The summed E-state index contributed by atoms with van der Waals surface area (Å²) in [6, 6.07) is 0.481. The molecule has 102 valence electrons. The lowest BCUT2D eigenvalue weighted by Crippen LogP contribution is -2.26. The molecule has 1 atom stereocenters. The van der Waals surface area contributed by atoms with E-state index >= 15 is 0 Å². The summed E-state index contributed by atoms with van der Waals surface area (Å²) in [6.45, 7) is 6.07. The predicted octanol–water partition coefficient (Wildman–Crippen LogP) is 2.31. The van der Waals surface area contributed by atoms with E-state index in [4.69, 9.17) is 0 Å². The number of rotatable bonds is 6. The molecular weight excluding hydrogens is 226 g/mol. The summed E-state index contributed by atoms with van der Waals surface area (Å²) in [5.41, 5.74) is 0. The molecule has 0 saturated heterocycles. The second kappa shape index (κ2) is 6.83. The van der Waals surface area contributed by atoms with E-state index in [9.17, 15) is 0 Å². The third-order valence-electron chi connectivity index (χ3n) is 4.02. The predicted molar refractivity (Wildman–Crippen MR) is 71.1 cm³/mol. The lowest BCUT2D eigenvalue weighted by Gasteiger charge is -2.29. The molecule has 1 heterocycles. The van der Waals surface area contributed by atoms with E-state index in [1.54, 1.807) is 0 Å². The number of hydrogen-bond acceptors (Lipinski definition) is 4. The number of hydrogen-bond donors (Lipinski definition) is 1. The van der Waals surface area contributed by atoms with Gasteiger partial charge in [-0.2, -0.15) is 0 Å². The van der Waals surface area contributed by atoms with Crippen LogP contribution in [-0.4, -0.2) is 26.8 Å². The summed E-state index contributed by atoms with van der Waals surface area (Å²) in [5.74, 6) is 1.74. The lowest BCUT2D eigenvalue weighted by molar-refractivity contribution is 0.221. The van der Waals surface area contributed by atoms with Gasteiger partial charge in [-0.05, 0) is 42.2 Å². The summed E-state index contributed by atoms with van der Waals surface area (Å²) in [5, 5.41) is 15.6. The van der Waals surface area contributed by atoms with E-state index in [1.165, 1.54) is 32.1 Å². The first kappa shape index (κ1) is 13.5. The summed E-state index contributed by atoms with van der Waals surface area (Å²) in [6.07, 6.45) is 7.91. The van der Waals surface area contributed by atoms with Crippen LogP contribution in [0, 0.1) is 5.92 Å². The van der Waals surface area contributed by atoms with Crippen molar-refractivity contribution in [3.05, 3.63) is 5.82 Å². The first-order valence-electron chi connectivity index (χ1n) is 7.34. The van der Waals surface area contributed by atoms with Crippen molar-refractivity contribution in [2.75, 3.05) is 6.54 Å². The highest BCUT2D eigenvalue weighted by molar-refractivity contribution is 4.87. The molecule has 0 aliphatic heterocycles. The van der Waals surface area contributed by atoms with Gasteiger partial charge in [-0.3, -0.25) is 0 Å². The van der Waals surface area contributed by atoms with Crippen molar-refractivity contribution >= 4 is 0 Å². The zero-order chi connectivity index (χ0) is 12.8. The van der Waals surface area contributed by atoms with E-state index in [-0.39, 0.29) is 0 Å². The molecule has 2 rings (SSSR count). The second-order valence-corrected chi connectivity index (χ2v) is 5.19. The van der Waals surface area contributed by atoms with Crippen molar-refractivity contribution in [3.8, 4) is 0 Å². The van der Waals surface area contributed by atoms with Gasteiger partial charge in [0.2, 0.25) is 0 Å². The van der Waals surface area contributed by atoms with Crippen LogP contribution in [0.1, 0.15) is 64.2 Å². The summed E-state index contributed by atoms with van der Waals surface area (Å²) < 4.78 is 2.07. The molecule has 0 aromatic carbocycles. The van der Waals surface area contributed by atoms with Crippen LogP contribution >= 0.6 is 0 Å². The molecule has 5 nitrogen and oxygen atoms in total. The van der Waals surface area contributed by atoms with Gasteiger partial charge >= 0.3 is 0 Å². The summed E-state index contributed by atoms with van der Waals surface area (Å²) in [4.78, 5) is 0. The molecule has 1 unspecified atom stereocenters. The highest BCUT2D eigenvalue weighted by atomic mass is 15.6. The zero-order valence-corrected chi connectivity index (χ0v) is 11.6. The molecule has 0 radical (unpaired) electrons. The Morgan fingerprint density at radius 2 is 2.06 bits per heavy atom. The van der Waals surface area contributed by atoms with E-state index in [2.05, 4.69) is 39.4 Å². The number of tetrazole rings is 1. The fourth-order valence-corrected chi connectivity index (χ4v) is 3.05. The van der Waals surface area contributed by atoms with Crippen molar-refractivity contribution in [1.29, 1.82) is 0 Å². The quantitative estimate of drug-likeness (QED) is 0.843. The molecule has 1 N–H and O–H groups in total. The van der Waals surface area contributed by atoms with Crippen LogP contribution in [0.2, 0.25) is 0 Å². The van der Waals surface area contributed by atoms with Crippen LogP contribution in [0.15, 0.2) is 0 Å². The topological polar surface area (TPSA) is 55.6 Å². The van der Waals surface area contributed by atoms with Crippen molar-refractivity contribution in [3.63, 3.8) is 0 Å². The van der Waals surface area contributed by atoms with Crippen molar-refractivity contribution < 1.29 is 0 Å². The summed E-state index contributed by atoms with van der Waals surface area (Å²) in [7, 11) is 0. The van der Waals surface area contributed by atoms with Gasteiger partial charge < -0.3 is 5.32 Å². The van der Waals surface area contributed by atoms with Crippen LogP contribution in [0.25, 0.3) is 0 Å². The van der Waals surface area contributed by atoms with Crippen LogP contribution in [0.4, 0.5) is 0 Å². The van der Waals surface area contributed by atoms with Crippen LogP contribution in [0.5, 0.6) is 0 Å². The summed E-state index contributed by atoms with van der Waals surface area (Å²) >= 11 is 0. The molecule has 1 aromatic heterocycles. The van der Waals surface area contributed by atoms with Gasteiger partial charge in [0, 0.05) is 0 Å². The van der Waals surface area contributed by atoms with Crippen LogP contribution in [-0.2, 0) is 6.54 Å². The van der Waals surface area contributed by atoms with E-state index in [0.717, 1.165) is 31.3 Å². The average Bonchev–Trinajstić information content (AvgIpc) is 2.87. The van der Waals surface area contributed by atoms with Gasteiger partial charge in [0.15, 0.2) is 5.82 Å². The molecule has 5 heteroatoms. The van der Waals surface area contributed by atoms with Gasteiger partial charge in [0.1, 0.15) is 0 Å². The first-order chi connectivity index (χ1) is 8.86. The van der Waals surface area contributed by atoms with Gasteiger partial charge in [-0.25, -0.2) is 4.68 Å². The maximum absolute atomic E-state index is 4.23. The normalized spacial score (nSPS) is 19.0. The Morgan fingerprint density at radius 3 is 2.72 bits per heavy atom. The first-order valence-corrected chi connectivity index (χ1v) is 7.34. The third-order valence-corrected chi connectivity index (χ3v) is 4.02. The van der Waals surface area contributed by atoms with Crippen LogP contribution in [0.3, 0.4) is 0 Å². The maximum Gasteiger partial charge on any atom is 0.165 e. The van der Waals surface area contributed by atoms with Gasteiger partial charge in [-0.15, -0.1) is 5.10 Å². The molecule has 18 heavy (non-hydrogen) atoms. The van der Waals surface area contributed by atoms with E-state index in [0.29, 0.717) is 6.04 Å². The molecule has 0 bridgehead atoms. The Bertz CT molecular complexity index is 343. The monoisotopic (exact) mass is 251 g/mol. The number of nitrogens with one attached hydrogen (secondary N) is 1. The van der Waals surface area contributed by atoms with Gasteiger partial charge in [-0.1, -0.05) is 33.1 Å². The maximum atomic E-state index is 4.23. The van der Waals surface area contributed by atoms with E-state index in [1.807, 2.05) is 0 Å². The van der Waals surface area contributed by atoms with E-state index < -0.39 is 0 Å². The Hall–Kier alpha value is -0.970. The third kappa shape index (κ3) is 3.07. The molecule has 1 aliphatic carbocycles. The molecule has 1 fully saturated rings. The lowest BCUT2D eigenvalue weighted by atomic mass is 9.83. The van der Waals surface area contributed by atoms with Crippen molar-refractivity contribution in [2.45, 2.75) is 65.0 Å². The zero-order valence-electron chi connectivity index (χ0n) is 11.6. The van der Waals surface area contributed by atoms with Crippen molar-refractivity contribution in [2.24, 2.45) is 5.92 Å². The molecule has 0 spiro atoms. The minimum absolute atomic E-state index is 0.481. The standard InChI is InChI=1S/C13H25N5/c1-3-12(11-8-6-5-7-9-11)18-13(10-14-4-2)15-16-17-18/h11-12,14H,3-10H2,1-2H3. The molecular formula is C13H25N5. The largest absolute Gasteiger partial charge is 0.310 e. The Labute approximate surface area is 109 Å². The highest BCUT2D eigenvalue weighted by Crippen LogP contribution is 2.34. The molecule has 0 amide bonds.